The lowest BCUT2D eigenvalue weighted by Gasteiger charge is -2.50. The fourth-order valence-electron chi connectivity index (χ4n) is 9.33. The van der Waals surface area contributed by atoms with Crippen molar-refractivity contribution in [2.45, 2.75) is 36.5 Å². The number of halogens is 7. The number of ether oxygens (including phenoxy) is 1. The van der Waals surface area contributed by atoms with Gasteiger partial charge in [-0.2, -0.15) is 26.3 Å². The zero-order valence-corrected chi connectivity index (χ0v) is 29.8. The van der Waals surface area contributed by atoms with Crippen LogP contribution in [0.4, 0.5) is 37.7 Å². The van der Waals surface area contributed by atoms with Gasteiger partial charge >= 0.3 is 12.4 Å². The topological polar surface area (TPSA) is 104 Å². The van der Waals surface area contributed by atoms with E-state index >= 15 is 4.79 Å². The number of carbonyl (C=O) groups excluding carboxylic acids is 4. The van der Waals surface area contributed by atoms with Gasteiger partial charge in [0, 0.05) is 10.9 Å². The average molecular weight is 795 g/mol. The molecule has 4 aromatic carbocycles. The molecule has 0 spiro atoms. The lowest BCUT2D eigenvalue weighted by Crippen LogP contribution is -2.53. The third kappa shape index (κ3) is 5.51. The molecule has 2 aliphatic heterocycles. The fraction of sp³-hybridized carbons (Fsp3) is 0.268. The molecule has 2 heterocycles. The number of benzene rings is 4. The average Bonchev–Trinajstić information content (AvgIpc) is 3.54. The number of carbonyl (C=O) groups is 4. The number of phenols is 1. The lowest BCUT2D eigenvalue weighted by molar-refractivity contribution is -0.143. The molecule has 0 bridgehead atoms. The number of phenolic OH excluding ortho intramolecular Hbond substituents is 1. The quantitative estimate of drug-likeness (QED) is 0.124. The van der Waals surface area contributed by atoms with E-state index in [1.54, 1.807) is 54.6 Å². The summed E-state index contributed by atoms with van der Waals surface area (Å²) in [5, 5.41) is 11.3. The van der Waals surface area contributed by atoms with Crippen LogP contribution in [-0.2, 0) is 36.9 Å². The molecule has 8 nitrogen and oxygen atoms in total. The van der Waals surface area contributed by atoms with Crippen molar-refractivity contribution in [3.63, 3.8) is 0 Å². The van der Waals surface area contributed by atoms with E-state index in [1.807, 2.05) is 0 Å². The number of imide groups is 2. The monoisotopic (exact) mass is 794 g/mol. The summed E-state index contributed by atoms with van der Waals surface area (Å²) in [5.74, 6) is -9.29. The second kappa shape index (κ2) is 13.0. The second-order valence-corrected chi connectivity index (χ2v) is 14.7. The summed E-state index contributed by atoms with van der Waals surface area (Å²) in [5.41, 5.74) is -4.57. The number of fused-ring (bicyclic) bond motifs is 4. The van der Waals surface area contributed by atoms with Crippen LogP contribution in [0.25, 0.3) is 0 Å². The van der Waals surface area contributed by atoms with Crippen molar-refractivity contribution < 1.29 is 55.4 Å². The maximum Gasteiger partial charge on any atom is 0.416 e. The summed E-state index contributed by atoms with van der Waals surface area (Å²) < 4.78 is 88.7. The first-order valence-corrected chi connectivity index (χ1v) is 17.8. The zero-order chi connectivity index (χ0) is 40.1. The van der Waals surface area contributed by atoms with E-state index in [0.29, 0.717) is 33.7 Å². The predicted molar refractivity (Wildman–Crippen MR) is 190 cm³/mol. The first-order valence-electron chi connectivity index (χ1n) is 17.4. The van der Waals surface area contributed by atoms with Gasteiger partial charge in [-0.1, -0.05) is 65.7 Å². The molecule has 1 N–H and O–H groups in total. The maximum atomic E-state index is 15.3. The van der Waals surface area contributed by atoms with E-state index in [0.717, 1.165) is 4.90 Å². The van der Waals surface area contributed by atoms with Crippen LogP contribution in [0.3, 0.4) is 0 Å². The Bertz CT molecular complexity index is 2330. The van der Waals surface area contributed by atoms with Crippen LogP contribution in [0, 0.1) is 23.7 Å². The van der Waals surface area contributed by atoms with Gasteiger partial charge in [0.25, 0.3) is 0 Å². The van der Waals surface area contributed by atoms with Gasteiger partial charge in [0.2, 0.25) is 23.6 Å². The van der Waals surface area contributed by atoms with Crippen molar-refractivity contribution in [2.75, 3.05) is 16.9 Å². The molecule has 8 rings (SSSR count). The molecule has 56 heavy (non-hydrogen) atoms. The van der Waals surface area contributed by atoms with Crippen LogP contribution in [0.5, 0.6) is 11.5 Å². The second-order valence-electron chi connectivity index (χ2n) is 14.3. The Morgan fingerprint density at radius 1 is 0.750 bits per heavy atom. The minimum Gasteiger partial charge on any atom is -0.504 e. The van der Waals surface area contributed by atoms with Gasteiger partial charge in [-0.25, -0.2) is 9.80 Å². The maximum absolute atomic E-state index is 15.3. The highest BCUT2D eigenvalue weighted by Crippen LogP contribution is 2.65. The minimum atomic E-state index is -5.24. The van der Waals surface area contributed by atoms with Crippen molar-refractivity contribution in [1.29, 1.82) is 0 Å². The molecule has 0 unspecified atom stereocenters. The Kier molecular flexibility index (Phi) is 8.64. The number of nitrogens with zero attached hydrogens (tertiary/aromatic N) is 2. The largest absolute Gasteiger partial charge is 0.504 e. The Labute approximate surface area is 319 Å². The minimum absolute atomic E-state index is 0.0885. The third-order valence-corrected chi connectivity index (χ3v) is 11.8. The Morgan fingerprint density at radius 3 is 2.04 bits per heavy atom. The number of hydrogen-bond acceptors (Lipinski definition) is 6. The molecular formula is C41H29ClF6N2O6. The van der Waals surface area contributed by atoms with Crippen molar-refractivity contribution in [3.8, 4) is 11.5 Å². The number of alkyl halides is 6. The molecule has 1 saturated carbocycles. The van der Waals surface area contributed by atoms with Gasteiger partial charge in [0.05, 0.1) is 52.8 Å². The van der Waals surface area contributed by atoms with E-state index in [2.05, 4.69) is 0 Å². The predicted octanol–water partition coefficient (Wildman–Crippen LogP) is 8.46. The molecule has 6 atom stereocenters. The van der Waals surface area contributed by atoms with Gasteiger partial charge < -0.3 is 9.84 Å². The number of amides is 4. The van der Waals surface area contributed by atoms with E-state index in [4.69, 9.17) is 16.3 Å². The Morgan fingerprint density at radius 2 is 1.43 bits per heavy atom. The first kappa shape index (κ1) is 37.3. The normalized spacial score (nSPS) is 26.2. The molecule has 4 aromatic rings. The van der Waals surface area contributed by atoms with Gasteiger partial charge in [-0.15, -0.1) is 0 Å². The summed E-state index contributed by atoms with van der Waals surface area (Å²) in [6, 6.07) is 19.7. The summed E-state index contributed by atoms with van der Waals surface area (Å²) in [6.45, 7) is 0. The lowest BCUT2D eigenvalue weighted by atomic mass is 9.49. The smallest absolute Gasteiger partial charge is 0.416 e. The third-order valence-electron chi connectivity index (χ3n) is 11.5. The summed E-state index contributed by atoms with van der Waals surface area (Å²) in [7, 11) is 1.34. The van der Waals surface area contributed by atoms with Crippen LogP contribution in [0.15, 0.2) is 103 Å². The van der Waals surface area contributed by atoms with Gasteiger partial charge in [0.1, 0.15) is 0 Å². The molecule has 4 amide bonds. The van der Waals surface area contributed by atoms with Crippen LogP contribution in [0.1, 0.15) is 41.0 Å². The molecule has 2 aliphatic carbocycles. The summed E-state index contributed by atoms with van der Waals surface area (Å²) in [4.78, 5) is 60.1. The molecule has 2 saturated heterocycles. The number of rotatable bonds is 5. The van der Waals surface area contributed by atoms with E-state index in [9.17, 15) is 45.8 Å². The van der Waals surface area contributed by atoms with Crippen LogP contribution in [0.2, 0.25) is 5.02 Å². The molecule has 0 aromatic heterocycles. The SMILES string of the molecule is COc1ccc([C@H]2C3=CC[C@@H]4C(=O)N(c5cc(C(F)(F)F)cc(C(F)(F)F)c5)C(=O)[C@@H]4[C@@H]3C[C@H]3C(=O)N(c4cccc(Cl)c4)C(=O)[C@@]23c2ccccc2)cc1O. The van der Waals surface area contributed by atoms with Crippen molar-refractivity contribution in [3.05, 3.63) is 130 Å². The summed E-state index contributed by atoms with van der Waals surface area (Å²) >= 11 is 6.32. The van der Waals surface area contributed by atoms with Crippen LogP contribution < -0.4 is 14.5 Å². The highest BCUT2D eigenvalue weighted by Gasteiger charge is 2.70. The molecular weight excluding hydrogens is 766 g/mol. The van der Waals surface area contributed by atoms with Crippen LogP contribution in [-0.4, -0.2) is 35.8 Å². The molecule has 3 fully saturated rings. The number of aromatic hydroxyl groups is 1. The summed E-state index contributed by atoms with van der Waals surface area (Å²) in [6.07, 6.45) is -9.16. The number of allylic oxidation sites excluding steroid dienone is 2. The van der Waals surface area contributed by atoms with Crippen molar-refractivity contribution >= 4 is 46.6 Å². The van der Waals surface area contributed by atoms with Gasteiger partial charge in [-0.05, 0) is 78.4 Å². The highest BCUT2D eigenvalue weighted by molar-refractivity contribution is 6.32. The fourth-order valence-corrected chi connectivity index (χ4v) is 9.51. The van der Waals surface area contributed by atoms with E-state index in [1.165, 1.54) is 31.4 Å². The number of anilines is 2. The molecule has 0 radical (unpaired) electrons. The van der Waals surface area contributed by atoms with E-state index < -0.39 is 87.8 Å². The molecule has 4 aliphatic rings. The van der Waals surface area contributed by atoms with Crippen molar-refractivity contribution in [2.24, 2.45) is 23.7 Å². The van der Waals surface area contributed by atoms with E-state index in [-0.39, 0.29) is 41.1 Å². The number of methoxy groups -OCH3 is 1. The highest BCUT2D eigenvalue weighted by atomic mass is 35.5. The standard InChI is InChI=1S/C41H29ClF6N2O6/c1-56-32-13-10-20(14-31(32)51)34-27-11-12-28-33(37(54)49(35(28)52)26-16-22(40(43,44)45)15-23(17-26)41(46,47)48)29(27)19-30-36(53)50(25-9-5-8-24(42)18-25)38(55)39(30,34)21-6-3-2-4-7-21/h2-11,13-18,28-30,33-34,51H,12,19H2,1H3/t28-,29+,30-,33-,34-,39+/m0/s1. The molecule has 15 heteroatoms. The first-order chi connectivity index (χ1) is 26.5. The van der Waals surface area contributed by atoms with Gasteiger partial charge in [0.15, 0.2) is 11.5 Å². The van der Waals surface area contributed by atoms with Crippen LogP contribution >= 0.6 is 11.6 Å². The van der Waals surface area contributed by atoms with Crippen molar-refractivity contribution in [1.82, 2.24) is 0 Å². The Balaban J connectivity index is 1.33. The van der Waals surface area contributed by atoms with Gasteiger partial charge in [-0.3, -0.25) is 19.2 Å². The Hall–Kier alpha value is -5.63. The molecule has 288 valence electrons. The number of hydrogen-bond donors (Lipinski definition) is 1. The zero-order valence-electron chi connectivity index (χ0n) is 29.1.